The zero-order chi connectivity index (χ0) is 15.4. The number of nitro groups is 1. The lowest BCUT2D eigenvalue weighted by atomic mass is 10.2. The minimum Gasteiger partial charge on any atom is -0.467 e. The molecule has 0 amide bonds. The third-order valence-electron chi connectivity index (χ3n) is 3.78. The summed E-state index contributed by atoms with van der Waals surface area (Å²) < 4.78 is 5.26. The second kappa shape index (κ2) is 6.48. The van der Waals surface area contributed by atoms with Gasteiger partial charge in [0.05, 0.1) is 43.9 Å². The summed E-state index contributed by atoms with van der Waals surface area (Å²) in [5.74, 6) is 0.743. The lowest BCUT2D eigenvalue weighted by molar-refractivity contribution is -0.655. The van der Waals surface area contributed by atoms with Crippen molar-refractivity contribution in [2.75, 3.05) is 36.4 Å². The van der Waals surface area contributed by atoms with Gasteiger partial charge in [0.25, 0.3) is 5.69 Å². The molecule has 1 aromatic carbocycles. The van der Waals surface area contributed by atoms with E-state index in [0.29, 0.717) is 12.2 Å². The maximum absolute atomic E-state index is 11.2. The van der Waals surface area contributed by atoms with E-state index in [2.05, 4.69) is 15.5 Å². The Labute approximate surface area is 128 Å². The lowest BCUT2D eigenvalue weighted by Crippen LogP contribution is -2.89. The molecule has 0 aliphatic carbocycles. The fourth-order valence-corrected chi connectivity index (χ4v) is 2.63. The van der Waals surface area contributed by atoms with E-state index in [1.54, 1.807) is 18.4 Å². The lowest BCUT2D eigenvalue weighted by Gasteiger charge is -2.27. The van der Waals surface area contributed by atoms with E-state index in [-0.39, 0.29) is 10.6 Å². The van der Waals surface area contributed by atoms with E-state index in [1.807, 2.05) is 18.2 Å². The van der Waals surface area contributed by atoms with Gasteiger partial charge in [0.15, 0.2) is 0 Å². The summed E-state index contributed by atoms with van der Waals surface area (Å²) >= 11 is 0. The van der Waals surface area contributed by atoms with Crippen molar-refractivity contribution in [3.63, 3.8) is 0 Å². The zero-order valence-corrected chi connectivity index (χ0v) is 12.2. The van der Waals surface area contributed by atoms with E-state index >= 15 is 0 Å². The van der Waals surface area contributed by atoms with Crippen molar-refractivity contribution in [2.45, 2.75) is 6.54 Å². The molecule has 1 fully saturated rings. The Morgan fingerprint density at radius 3 is 2.82 bits per heavy atom. The molecule has 0 saturated carbocycles. The first kappa shape index (κ1) is 14.4. The molecule has 0 radical (unpaired) electrons. The van der Waals surface area contributed by atoms with Crippen LogP contribution < -0.4 is 15.5 Å². The van der Waals surface area contributed by atoms with Crippen molar-refractivity contribution < 1.29 is 14.7 Å². The molecular weight excluding hydrogens is 284 g/mol. The number of furan rings is 1. The largest absolute Gasteiger partial charge is 0.467 e. The number of hydrogen-bond acceptors (Lipinski definition) is 5. The Morgan fingerprint density at radius 1 is 1.32 bits per heavy atom. The third-order valence-corrected chi connectivity index (χ3v) is 3.78. The van der Waals surface area contributed by atoms with Gasteiger partial charge in [0.1, 0.15) is 11.4 Å². The predicted octanol–water partition coefficient (Wildman–Crippen LogP) is 1.18. The SMILES string of the molecule is O=[N+]([O-])c1ccc(N2CC[NH2+]CC2)cc1NCc1ccco1. The van der Waals surface area contributed by atoms with Gasteiger partial charge in [-0.2, -0.15) is 0 Å². The fraction of sp³-hybridized carbons (Fsp3) is 0.333. The summed E-state index contributed by atoms with van der Waals surface area (Å²) in [6.07, 6.45) is 1.59. The van der Waals surface area contributed by atoms with Crippen molar-refractivity contribution >= 4 is 17.1 Å². The van der Waals surface area contributed by atoms with E-state index in [0.717, 1.165) is 37.6 Å². The monoisotopic (exact) mass is 303 g/mol. The van der Waals surface area contributed by atoms with Crippen molar-refractivity contribution in [3.8, 4) is 0 Å². The fourth-order valence-electron chi connectivity index (χ4n) is 2.63. The molecule has 7 nitrogen and oxygen atoms in total. The van der Waals surface area contributed by atoms with Gasteiger partial charge in [-0.3, -0.25) is 10.1 Å². The van der Waals surface area contributed by atoms with Crippen LogP contribution in [-0.4, -0.2) is 31.1 Å². The Morgan fingerprint density at radius 2 is 2.14 bits per heavy atom. The number of rotatable bonds is 5. The number of nitrogens with two attached hydrogens (primary N) is 1. The number of nitrogens with zero attached hydrogens (tertiary/aromatic N) is 2. The van der Waals surface area contributed by atoms with Gasteiger partial charge in [0, 0.05) is 11.8 Å². The van der Waals surface area contributed by atoms with Gasteiger partial charge in [0.2, 0.25) is 0 Å². The molecule has 2 heterocycles. The molecule has 2 aromatic rings. The Balaban J connectivity index is 1.81. The van der Waals surface area contributed by atoms with Gasteiger partial charge in [-0.15, -0.1) is 0 Å². The summed E-state index contributed by atoms with van der Waals surface area (Å²) in [7, 11) is 0. The van der Waals surface area contributed by atoms with Crippen molar-refractivity contribution in [1.29, 1.82) is 0 Å². The van der Waals surface area contributed by atoms with Crippen molar-refractivity contribution in [2.24, 2.45) is 0 Å². The molecule has 0 unspecified atom stereocenters. The van der Waals surface area contributed by atoms with Crippen LogP contribution in [-0.2, 0) is 6.54 Å². The molecule has 1 aliphatic rings. The molecule has 1 aromatic heterocycles. The highest BCUT2D eigenvalue weighted by molar-refractivity contribution is 5.69. The number of piperazine rings is 1. The molecular formula is C15H19N4O3+. The van der Waals surface area contributed by atoms with Crippen molar-refractivity contribution in [3.05, 3.63) is 52.5 Å². The number of benzene rings is 1. The molecule has 0 spiro atoms. The summed E-state index contributed by atoms with van der Waals surface area (Å²) in [5, 5.41) is 16.6. The number of nitrogens with one attached hydrogen (secondary N) is 1. The minimum atomic E-state index is -0.363. The highest BCUT2D eigenvalue weighted by Gasteiger charge is 2.18. The zero-order valence-electron chi connectivity index (χ0n) is 12.2. The average molecular weight is 303 g/mol. The van der Waals surface area contributed by atoms with Gasteiger partial charge < -0.3 is 20.0 Å². The molecule has 7 heteroatoms. The molecule has 0 atom stereocenters. The average Bonchev–Trinajstić information content (AvgIpc) is 3.07. The third kappa shape index (κ3) is 3.20. The maximum Gasteiger partial charge on any atom is 0.292 e. The Bertz CT molecular complexity index is 636. The first-order valence-electron chi connectivity index (χ1n) is 7.35. The molecule has 1 aliphatic heterocycles. The maximum atomic E-state index is 11.2. The van der Waals surface area contributed by atoms with Gasteiger partial charge in [-0.05, 0) is 24.3 Å². The van der Waals surface area contributed by atoms with Gasteiger partial charge in [-0.1, -0.05) is 0 Å². The summed E-state index contributed by atoms with van der Waals surface area (Å²) in [4.78, 5) is 13.1. The molecule has 3 N–H and O–H groups in total. The van der Waals surface area contributed by atoms with Crippen LogP contribution in [0.4, 0.5) is 17.1 Å². The minimum absolute atomic E-state index is 0.0823. The first-order valence-corrected chi connectivity index (χ1v) is 7.35. The van der Waals surface area contributed by atoms with Crippen LogP contribution in [0.15, 0.2) is 41.0 Å². The number of nitro benzene ring substituents is 1. The van der Waals surface area contributed by atoms with E-state index < -0.39 is 0 Å². The highest BCUT2D eigenvalue weighted by Crippen LogP contribution is 2.30. The quantitative estimate of drug-likeness (QED) is 0.640. The second-order valence-electron chi connectivity index (χ2n) is 5.24. The van der Waals surface area contributed by atoms with Crippen LogP contribution in [0.5, 0.6) is 0 Å². The number of quaternary nitrogens is 1. The van der Waals surface area contributed by atoms with Crippen LogP contribution in [0, 0.1) is 10.1 Å². The molecule has 3 rings (SSSR count). The number of hydrogen-bond donors (Lipinski definition) is 2. The number of anilines is 2. The van der Waals surface area contributed by atoms with E-state index in [4.69, 9.17) is 4.42 Å². The Kier molecular flexibility index (Phi) is 4.24. The highest BCUT2D eigenvalue weighted by atomic mass is 16.6. The second-order valence-corrected chi connectivity index (χ2v) is 5.24. The normalized spacial score (nSPS) is 14.8. The van der Waals surface area contributed by atoms with E-state index in [1.165, 1.54) is 0 Å². The topological polar surface area (TPSA) is 88.2 Å². The molecule has 1 saturated heterocycles. The smallest absolute Gasteiger partial charge is 0.292 e. The van der Waals surface area contributed by atoms with Gasteiger partial charge >= 0.3 is 0 Å². The molecule has 22 heavy (non-hydrogen) atoms. The van der Waals surface area contributed by atoms with Crippen LogP contribution >= 0.6 is 0 Å². The van der Waals surface area contributed by atoms with Crippen LogP contribution in [0.25, 0.3) is 0 Å². The van der Waals surface area contributed by atoms with E-state index in [9.17, 15) is 10.1 Å². The molecule has 0 bridgehead atoms. The summed E-state index contributed by atoms with van der Waals surface area (Å²) in [6.45, 7) is 4.42. The summed E-state index contributed by atoms with van der Waals surface area (Å²) in [6, 6.07) is 8.88. The van der Waals surface area contributed by atoms with Crippen LogP contribution in [0.1, 0.15) is 5.76 Å². The van der Waals surface area contributed by atoms with Crippen LogP contribution in [0.3, 0.4) is 0 Å². The summed E-state index contributed by atoms with van der Waals surface area (Å²) in [5.41, 5.74) is 1.62. The van der Waals surface area contributed by atoms with Crippen molar-refractivity contribution in [1.82, 2.24) is 0 Å². The van der Waals surface area contributed by atoms with Crippen LogP contribution in [0.2, 0.25) is 0 Å². The standard InChI is InChI=1S/C15H18N4O3/c20-19(21)15-4-3-12(18-7-5-16-6-8-18)10-14(15)17-11-13-2-1-9-22-13/h1-4,9-10,16-17H,5-8,11H2/p+1. The molecule has 116 valence electrons. The van der Waals surface area contributed by atoms with Gasteiger partial charge in [-0.25, -0.2) is 0 Å². The Hall–Kier alpha value is -2.54. The predicted molar refractivity (Wildman–Crippen MR) is 83.0 cm³/mol. The first-order chi connectivity index (χ1) is 10.7.